The fourth-order valence-corrected chi connectivity index (χ4v) is 7.18. The molecule has 0 amide bonds. The van der Waals surface area contributed by atoms with Crippen molar-refractivity contribution in [2.75, 3.05) is 72.7 Å². The van der Waals surface area contributed by atoms with Crippen LogP contribution in [0.4, 0.5) is 0 Å². The van der Waals surface area contributed by atoms with E-state index in [1.807, 2.05) is 0 Å². The molecule has 51 heavy (non-hydrogen) atoms. The number of nitrogens with zero attached hydrogens (tertiary/aromatic N) is 3. The maximum atomic E-state index is 5.29. The van der Waals surface area contributed by atoms with Crippen molar-refractivity contribution in [2.24, 2.45) is 22.7 Å². The molecule has 0 atom stereocenters. The third kappa shape index (κ3) is 21.5. The van der Waals surface area contributed by atoms with E-state index < -0.39 is 0 Å². The molecule has 3 saturated heterocycles. The molecule has 300 valence electrons. The van der Waals surface area contributed by atoms with Gasteiger partial charge in [-0.3, -0.25) is 9.80 Å². The molecule has 0 spiro atoms. The molecule has 4 fully saturated rings. The topological polar surface area (TPSA) is 28.2 Å². The molecule has 0 aromatic heterocycles. The average molecular weight is 716 g/mol. The van der Waals surface area contributed by atoms with Crippen LogP contribution < -0.4 is 0 Å². The predicted octanol–water partition coefficient (Wildman–Crippen LogP) is 11.2. The van der Waals surface area contributed by atoms with E-state index in [-0.39, 0.29) is 0 Å². The summed E-state index contributed by atoms with van der Waals surface area (Å²) in [5, 5.41) is 0. The first kappa shape index (κ1) is 48.0. The van der Waals surface area contributed by atoms with Crippen LogP contribution in [0.3, 0.4) is 0 Å². The maximum Gasteiger partial charge on any atom is 0.0594 e. The van der Waals surface area contributed by atoms with Gasteiger partial charge in [-0.2, -0.15) is 0 Å². The van der Waals surface area contributed by atoms with Crippen LogP contribution in [-0.2, 0) is 14.9 Å². The Morgan fingerprint density at radius 3 is 1.18 bits per heavy atom. The molecule has 3 heterocycles. The van der Waals surface area contributed by atoms with Crippen molar-refractivity contribution in [2.45, 2.75) is 165 Å². The number of piperazine rings is 1. The third-order valence-electron chi connectivity index (χ3n) is 11.3. The summed E-state index contributed by atoms with van der Waals surface area (Å²) in [6.45, 7) is 45.2. The molecule has 1 aromatic carbocycles. The normalized spacial score (nSPS) is 21.0. The maximum absolute atomic E-state index is 5.29. The van der Waals surface area contributed by atoms with Gasteiger partial charge >= 0.3 is 0 Å². The molecular formula is C46H89N3O2. The van der Waals surface area contributed by atoms with Crippen molar-refractivity contribution in [3.05, 3.63) is 35.9 Å². The Hall–Kier alpha value is -0.980. The van der Waals surface area contributed by atoms with E-state index in [9.17, 15) is 0 Å². The number of hydrogen-bond donors (Lipinski definition) is 0. The number of likely N-dealkylation sites (N-methyl/N-ethyl adjacent to an activating group) is 1. The van der Waals surface area contributed by atoms with E-state index in [0.29, 0.717) is 27.3 Å². The Kier molecular flexibility index (Phi) is 21.1. The zero-order valence-electron chi connectivity index (χ0n) is 37.2. The second-order valence-electron chi connectivity index (χ2n) is 20.8. The highest BCUT2D eigenvalue weighted by atomic mass is 16.5. The Balaban J connectivity index is 0.000000319. The second-order valence-corrected chi connectivity index (χ2v) is 20.8. The average Bonchev–Trinajstić information content (AvgIpc) is 3.06. The summed E-state index contributed by atoms with van der Waals surface area (Å²) in [7, 11) is 2.19. The molecule has 0 N–H and O–H groups in total. The van der Waals surface area contributed by atoms with Gasteiger partial charge in [0, 0.05) is 63.6 Å². The largest absolute Gasteiger partial charge is 0.381 e. The zero-order valence-corrected chi connectivity index (χ0v) is 37.2. The Morgan fingerprint density at radius 1 is 0.471 bits per heavy atom. The van der Waals surface area contributed by atoms with Gasteiger partial charge in [-0.25, -0.2) is 0 Å². The first-order chi connectivity index (χ1) is 23.4. The fraction of sp³-hybridized carbons (Fsp3) is 0.870. The summed E-state index contributed by atoms with van der Waals surface area (Å²) in [4.78, 5) is 7.39. The second kappa shape index (κ2) is 22.4. The Labute approximate surface area is 320 Å². The highest BCUT2D eigenvalue weighted by Gasteiger charge is 2.27. The van der Waals surface area contributed by atoms with Gasteiger partial charge in [0.25, 0.3) is 0 Å². The zero-order chi connectivity index (χ0) is 38.9. The van der Waals surface area contributed by atoms with Crippen molar-refractivity contribution in [1.29, 1.82) is 0 Å². The van der Waals surface area contributed by atoms with E-state index in [2.05, 4.69) is 156 Å². The molecule has 3 aliphatic heterocycles. The predicted molar refractivity (Wildman–Crippen MR) is 225 cm³/mol. The van der Waals surface area contributed by atoms with Crippen LogP contribution in [-0.4, -0.2) is 98.5 Å². The van der Waals surface area contributed by atoms with Crippen LogP contribution in [0, 0.1) is 22.7 Å². The van der Waals surface area contributed by atoms with Crippen molar-refractivity contribution >= 4 is 0 Å². The summed E-state index contributed by atoms with van der Waals surface area (Å²) in [6, 6.07) is 10.6. The molecule has 5 nitrogen and oxygen atoms in total. The first-order valence-electron chi connectivity index (χ1n) is 20.8. The minimum atomic E-state index is 0.293. The lowest BCUT2D eigenvalue weighted by Gasteiger charge is -2.41. The lowest BCUT2D eigenvalue weighted by atomic mass is 9.72. The number of ether oxygens (including phenoxy) is 2. The van der Waals surface area contributed by atoms with Crippen LogP contribution in [0.1, 0.15) is 154 Å². The van der Waals surface area contributed by atoms with Crippen molar-refractivity contribution in [3.63, 3.8) is 0 Å². The Bertz CT molecular complexity index is 914. The lowest BCUT2D eigenvalue weighted by molar-refractivity contribution is -0.00389. The molecule has 5 rings (SSSR count). The fourth-order valence-electron chi connectivity index (χ4n) is 7.18. The lowest BCUT2D eigenvalue weighted by Crippen LogP contribution is -2.52. The van der Waals surface area contributed by atoms with E-state index in [1.165, 1.54) is 76.7 Å². The van der Waals surface area contributed by atoms with Gasteiger partial charge < -0.3 is 14.4 Å². The molecule has 1 aliphatic carbocycles. The van der Waals surface area contributed by atoms with Gasteiger partial charge in [0.15, 0.2) is 0 Å². The van der Waals surface area contributed by atoms with Crippen molar-refractivity contribution < 1.29 is 9.47 Å². The smallest absolute Gasteiger partial charge is 0.0594 e. The molecule has 0 unspecified atom stereocenters. The summed E-state index contributed by atoms with van der Waals surface area (Å²) in [5.74, 6) is 1.88. The minimum absolute atomic E-state index is 0.293. The number of benzene rings is 1. The van der Waals surface area contributed by atoms with Gasteiger partial charge in [0.1, 0.15) is 0 Å². The molecular weight excluding hydrogens is 627 g/mol. The highest BCUT2D eigenvalue weighted by Crippen LogP contribution is 2.37. The minimum Gasteiger partial charge on any atom is -0.381 e. The van der Waals surface area contributed by atoms with Crippen LogP contribution >= 0.6 is 0 Å². The number of rotatable bonds is 0. The van der Waals surface area contributed by atoms with Crippen molar-refractivity contribution in [1.82, 2.24) is 14.7 Å². The molecule has 5 heteroatoms. The van der Waals surface area contributed by atoms with Crippen LogP contribution in [0.15, 0.2) is 30.3 Å². The SMILES string of the molecule is CC(C)(C)C1CCCCC1.CC(C)(C)C1CCOCC1.CC(C)(C)N1CCOCC1.CC(C)(C)c1ccccc1.CN1CCN(C(C)(C)C)CC1. The Morgan fingerprint density at radius 2 is 0.863 bits per heavy atom. The molecule has 0 radical (unpaired) electrons. The molecule has 1 aromatic rings. The summed E-state index contributed by atoms with van der Waals surface area (Å²) in [5.41, 5.74) is 3.44. The summed E-state index contributed by atoms with van der Waals surface area (Å²) >= 11 is 0. The van der Waals surface area contributed by atoms with Crippen LogP contribution in [0.2, 0.25) is 0 Å². The highest BCUT2D eigenvalue weighted by molar-refractivity contribution is 5.22. The first-order valence-corrected chi connectivity index (χ1v) is 20.8. The van der Waals surface area contributed by atoms with Crippen LogP contribution in [0.5, 0.6) is 0 Å². The summed E-state index contributed by atoms with van der Waals surface area (Å²) < 4.78 is 10.5. The van der Waals surface area contributed by atoms with E-state index >= 15 is 0 Å². The third-order valence-corrected chi connectivity index (χ3v) is 11.3. The van der Waals surface area contributed by atoms with Gasteiger partial charge in [-0.15, -0.1) is 0 Å². The van der Waals surface area contributed by atoms with E-state index in [0.717, 1.165) is 51.4 Å². The van der Waals surface area contributed by atoms with Crippen LogP contribution in [0.25, 0.3) is 0 Å². The van der Waals surface area contributed by atoms with Gasteiger partial charge in [0.2, 0.25) is 0 Å². The van der Waals surface area contributed by atoms with E-state index in [1.54, 1.807) is 0 Å². The van der Waals surface area contributed by atoms with E-state index in [4.69, 9.17) is 9.47 Å². The quantitative estimate of drug-likeness (QED) is 0.267. The van der Waals surface area contributed by atoms with Gasteiger partial charge in [-0.1, -0.05) is 112 Å². The molecule has 1 saturated carbocycles. The molecule has 0 bridgehead atoms. The molecule has 4 aliphatic rings. The van der Waals surface area contributed by atoms with Gasteiger partial charge in [0.05, 0.1) is 13.2 Å². The number of hydrogen-bond acceptors (Lipinski definition) is 5. The van der Waals surface area contributed by atoms with Crippen molar-refractivity contribution in [3.8, 4) is 0 Å². The monoisotopic (exact) mass is 716 g/mol. The number of morpholine rings is 1. The summed E-state index contributed by atoms with van der Waals surface area (Å²) in [6.07, 6.45) is 9.89. The standard InChI is InChI=1S/C10H20.C10H14.C9H20N2.C9H18O.C8H17NO/c2*1-10(2,3)9-7-5-4-6-8-9;1-9(2,3)11-7-5-10(4)6-8-11;1-9(2,3)8-4-6-10-7-5-8;1-8(2,3)9-4-6-10-7-5-9/h9H,4-8H2,1-3H3;4-8H,1-3H3;5-8H2,1-4H3;8H,4-7H2,1-3H3;4-7H2,1-3H3. The van der Waals surface area contributed by atoms with Gasteiger partial charge in [-0.05, 0) is 108 Å².